The Morgan fingerprint density at radius 3 is 1.61 bits per heavy atom. The van der Waals surface area contributed by atoms with Gasteiger partial charge in [-0.3, -0.25) is 0 Å². The van der Waals surface area contributed by atoms with Gasteiger partial charge in [0, 0.05) is 20.1 Å². The van der Waals surface area contributed by atoms with Crippen LogP contribution in [0.5, 0.6) is 11.5 Å². The Morgan fingerprint density at radius 1 is 0.553 bits per heavy atom. The SMILES string of the molecule is COc1cc(C)c(Br)cc1-c1cc(Br)c(C)cc1CO.COc1cc(C)ccc1-c1ccc(C)cc1CO. The maximum Gasteiger partial charge on any atom is 0.127 e. The van der Waals surface area contributed by atoms with Gasteiger partial charge in [0.05, 0.1) is 27.4 Å². The van der Waals surface area contributed by atoms with Crippen molar-refractivity contribution in [3.05, 3.63) is 103 Å². The molecule has 4 rings (SSSR count). The van der Waals surface area contributed by atoms with Gasteiger partial charge >= 0.3 is 0 Å². The van der Waals surface area contributed by atoms with Gasteiger partial charge in [-0.2, -0.15) is 0 Å². The van der Waals surface area contributed by atoms with E-state index in [1.54, 1.807) is 14.2 Å². The zero-order valence-corrected chi connectivity index (χ0v) is 25.8. The fourth-order valence-corrected chi connectivity index (χ4v) is 4.98. The molecule has 0 amide bonds. The van der Waals surface area contributed by atoms with Gasteiger partial charge in [-0.25, -0.2) is 0 Å². The van der Waals surface area contributed by atoms with Crippen LogP contribution in [0.4, 0.5) is 0 Å². The molecule has 0 atom stereocenters. The first-order valence-corrected chi connectivity index (χ1v) is 13.8. The molecule has 2 N–H and O–H groups in total. The summed E-state index contributed by atoms with van der Waals surface area (Å²) in [6, 6.07) is 20.2. The molecule has 0 aliphatic heterocycles. The predicted octanol–water partition coefficient (Wildman–Crippen LogP) is 8.47. The van der Waals surface area contributed by atoms with Gasteiger partial charge in [0.15, 0.2) is 0 Å². The number of halogens is 2. The highest BCUT2D eigenvalue weighted by Gasteiger charge is 2.14. The molecule has 0 saturated heterocycles. The van der Waals surface area contributed by atoms with Gasteiger partial charge < -0.3 is 19.7 Å². The van der Waals surface area contributed by atoms with E-state index in [0.717, 1.165) is 76.1 Å². The van der Waals surface area contributed by atoms with Gasteiger partial charge in [-0.1, -0.05) is 73.8 Å². The zero-order chi connectivity index (χ0) is 28.0. The van der Waals surface area contributed by atoms with E-state index in [1.807, 2.05) is 82.3 Å². The average Bonchev–Trinajstić information content (AvgIpc) is 2.91. The number of hydrogen-bond acceptors (Lipinski definition) is 4. The normalized spacial score (nSPS) is 10.6. The summed E-state index contributed by atoms with van der Waals surface area (Å²) in [6.45, 7) is 8.12. The Morgan fingerprint density at radius 2 is 1.03 bits per heavy atom. The van der Waals surface area contributed by atoms with Crippen LogP contribution in [0.15, 0.2) is 69.6 Å². The highest BCUT2D eigenvalue weighted by atomic mass is 79.9. The molecule has 0 spiro atoms. The van der Waals surface area contributed by atoms with E-state index in [0.29, 0.717) is 0 Å². The van der Waals surface area contributed by atoms with Gasteiger partial charge in [-0.05, 0) is 90.9 Å². The molecule has 4 aromatic carbocycles. The predicted molar refractivity (Wildman–Crippen MR) is 163 cm³/mol. The molecular formula is C32H34Br2O4. The molecule has 0 unspecified atom stereocenters. The number of aliphatic hydroxyl groups excluding tert-OH is 2. The lowest BCUT2D eigenvalue weighted by molar-refractivity contribution is 0.282. The quantitative estimate of drug-likeness (QED) is 0.222. The zero-order valence-electron chi connectivity index (χ0n) is 22.7. The summed E-state index contributed by atoms with van der Waals surface area (Å²) in [7, 11) is 3.33. The number of methoxy groups -OCH3 is 2. The molecule has 200 valence electrons. The van der Waals surface area contributed by atoms with Crippen molar-refractivity contribution < 1.29 is 19.7 Å². The van der Waals surface area contributed by atoms with Crippen LogP contribution in [-0.4, -0.2) is 24.4 Å². The van der Waals surface area contributed by atoms with E-state index in [1.165, 1.54) is 0 Å². The van der Waals surface area contributed by atoms with E-state index in [-0.39, 0.29) is 13.2 Å². The molecule has 0 fully saturated rings. The molecule has 38 heavy (non-hydrogen) atoms. The third-order valence-electron chi connectivity index (χ3n) is 6.40. The van der Waals surface area contributed by atoms with Crippen LogP contribution in [0.3, 0.4) is 0 Å². The van der Waals surface area contributed by atoms with Crippen LogP contribution in [0.25, 0.3) is 22.3 Å². The molecule has 0 aliphatic carbocycles. The lowest BCUT2D eigenvalue weighted by atomic mass is 9.96. The summed E-state index contributed by atoms with van der Waals surface area (Å²) < 4.78 is 13.0. The minimum absolute atomic E-state index is 0.00188. The van der Waals surface area contributed by atoms with Crippen molar-refractivity contribution in [2.75, 3.05) is 14.2 Å². The first-order valence-electron chi connectivity index (χ1n) is 12.2. The topological polar surface area (TPSA) is 58.9 Å². The number of benzene rings is 4. The third-order valence-corrected chi connectivity index (χ3v) is 8.11. The van der Waals surface area contributed by atoms with E-state index in [4.69, 9.17) is 9.47 Å². The Bertz CT molecular complexity index is 1320. The molecule has 4 aromatic rings. The van der Waals surface area contributed by atoms with Crippen LogP contribution < -0.4 is 9.47 Å². The Hall–Kier alpha value is -2.64. The first-order chi connectivity index (χ1) is 18.1. The van der Waals surface area contributed by atoms with Gasteiger partial charge in [-0.15, -0.1) is 0 Å². The molecular weight excluding hydrogens is 608 g/mol. The minimum Gasteiger partial charge on any atom is -0.496 e. The number of aryl methyl sites for hydroxylation is 4. The highest BCUT2D eigenvalue weighted by Crippen LogP contribution is 2.39. The first kappa shape index (κ1) is 29.9. The van der Waals surface area contributed by atoms with Crippen molar-refractivity contribution in [1.82, 2.24) is 0 Å². The molecule has 6 heteroatoms. The number of aliphatic hydroxyl groups is 2. The summed E-state index contributed by atoms with van der Waals surface area (Å²) in [5.41, 5.74) is 10.3. The molecule has 4 nitrogen and oxygen atoms in total. The fraction of sp³-hybridized carbons (Fsp3) is 0.250. The van der Waals surface area contributed by atoms with E-state index in [9.17, 15) is 10.2 Å². The van der Waals surface area contributed by atoms with Crippen molar-refractivity contribution in [3.8, 4) is 33.8 Å². The van der Waals surface area contributed by atoms with E-state index in [2.05, 4.69) is 37.9 Å². The minimum atomic E-state index is -0.00188. The fourth-order valence-electron chi connectivity index (χ4n) is 4.29. The summed E-state index contributed by atoms with van der Waals surface area (Å²) in [4.78, 5) is 0. The lowest BCUT2D eigenvalue weighted by Gasteiger charge is -2.15. The van der Waals surface area contributed by atoms with Crippen LogP contribution in [0.2, 0.25) is 0 Å². The molecule has 0 aromatic heterocycles. The second kappa shape index (κ2) is 13.4. The smallest absolute Gasteiger partial charge is 0.127 e. The van der Waals surface area contributed by atoms with Crippen molar-refractivity contribution in [2.45, 2.75) is 40.9 Å². The lowest BCUT2D eigenvalue weighted by Crippen LogP contribution is -1.96. The maximum absolute atomic E-state index is 9.61. The Kier molecular flexibility index (Phi) is 10.6. The standard InChI is InChI=1S/C16H16Br2O2.C16H18O2/c1-9-4-11(8-19)12(6-14(9)17)13-7-15(18)10(2)5-16(13)20-3;1-11-4-6-14(13(8-11)10-17)15-7-5-12(2)9-16(15)18-3/h4-7,19H,8H2,1-3H3;4-9,17H,10H2,1-3H3. The Balaban J connectivity index is 0.000000212. The molecule has 0 bridgehead atoms. The van der Waals surface area contributed by atoms with E-state index >= 15 is 0 Å². The van der Waals surface area contributed by atoms with Crippen LogP contribution in [-0.2, 0) is 13.2 Å². The van der Waals surface area contributed by atoms with E-state index < -0.39 is 0 Å². The largest absolute Gasteiger partial charge is 0.496 e. The average molecular weight is 642 g/mol. The van der Waals surface area contributed by atoms with Gasteiger partial charge in [0.1, 0.15) is 11.5 Å². The van der Waals surface area contributed by atoms with Crippen LogP contribution in [0.1, 0.15) is 33.4 Å². The molecule has 0 saturated carbocycles. The van der Waals surface area contributed by atoms with Gasteiger partial charge in [0.25, 0.3) is 0 Å². The van der Waals surface area contributed by atoms with Crippen molar-refractivity contribution in [1.29, 1.82) is 0 Å². The second-order valence-corrected chi connectivity index (χ2v) is 10.9. The number of rotatable bonds is 6. The molecule has 0 aliphatic rings. The molecule has 0 heterocycles. The second-order valence-electron chi connectivity index (χ2n) is 9.24. The summed E-state index contributed by atoms with van der Waals surface area (Å²) >= 11 is 7.11. The Labute approximate surface area is 242 Å². The highest BCUT2D eigenvalue weighted by molar-refractivity contribution is 9.10. The summed E-state index contributed by atoms with van der Waals surface area (Å²) in [5, 5.41) is 19.1. The number of hydrogen-bond donors (Lipinski definition) is 2. The monoisotopic (exact) mass is 640 g/mol. The van der Waals surface area contributed by atoms with Crippen molar-refractivity contribution in [2.24, 2.45) is 0 Å². The molecule has 0 radical (unpaired) electrons. The van der Waals surface area contributed by atoms with Crippen LogP contribution >= 0.6 is 31.9 Å². The van der Waals surface area contributed by atoms with Crippen molar-refractivity contribution in [3.63, 3.8) is 0 Å². The van der Waals surface area contributed by atoms with Gasteiger partial charge in [0.2, 0.25) is 0 Å². The summed E-state index contributed by atoms with van der Waals surface area (Å²) in [6.07, 6.45) is 0. The summed E-state index contributed by atoms with van der Waals surface area (Å²) in [5.74, 6) is 1.64. The number of ether oxygens (including phenoxy) is 2. The maximum atomic E-state index is 9.61. The third kappa shape index (κ3) is 6.86. The van der Waals surface area contributed by atoms with Crippen LogP contribution in [0, 0.1) is 27.7 Å². The van der Waals surface area contributed by atoms with Crippen molar-refractivity contribution >= 4 is 31.9 Å².